The Hall–Kier alpha value is -6.14. The van der Waals surface area contributed by atoms with E-state index in [1.165, 1.54) is 16.8 Å². The lowest BCUT2D eigenvalue weighted by atomic mass is 10.0. The van der Waals surface area contributed by atoms with Gasteiger partial charge in [-0.2, -0.15) is 14.4 Å². The molecule has 0 bridgehead atoms. The van der Waals surface area contributed by atoms with Crippen molar-refractivity contribution < 1.29 is 4.39 Å². The summed E-state index contributed by atoms with van der Waals surface area (Å²) in [6.45, 7) is 0. The number of fused-ring (bicyclic) bond motifs is 2. The minimum absolute atomic E-state index is 0.0308. The number of benzene rings is 4. The van der Waals surface area contributed by atoms with Gasteiger partial charge in [0.15, 0.2) is 0 Å². The Morgan fingerprint density at radius 1 is 0.638 bits per heavy atom. The summed E-state index contributed by atoms with van der Waals surface area (Å²) in [6, 6.07) is 31.2. The summed E-state index contributed by atoms with van der Waals surface area (Å²) in [4.78, 5) is 44.4. The number of rotatable bonds is 9. The molecule has 2 saturated carbocycles. The summed E-state index contributed by atoms with van der Waals surface area (Å²) in [5.41, 5.74) is 5.35. The molecule has 0 amide bonds. The van der Waals surface area contributed by atoms with Crippen LogP contribution in [-0.4, -0.2) is 29.1 Å². The fraction of sp³-hybridized carbons (Fsp3) is 0.136. The minimum Gasteiger partial charge on any atom is -0.339 e. The Bertz CT molecular complexity index is 3100. The maximum atomic E-state index is 14.0. The predicted octanol–water partition coefficient (Wildman–Crippen LogP) is 10.6. The first-order chi connectivity index (χ1) is 28.2. The second-order valence-electron chi connectivity index (χ2n) is 14.5. The molecular formula is C44H30Cl3FN8O2. The summed E-state index contributed by atoms with van der Waals surface area (Å²) in [7, 11) is 0. The number of para-hydroxylation sites is 1. The number of halogens is 4. The molecule has 4 heterocycles. The summed E-state index contributed by atoms with van der Waals surface area (Å²) in [6.07, 6.45) is 5.88. The van der Waals surface area contributed by atoms with Gasteiger partial charge >= 0.3 is 11.4 Å². The van der Waals surface area contributed by atoms with Gasteiger partial charge in [0.2, 0.25) is 5.95 Å². The van der Waals surface area contributed by atoms with Crippen molar-refractivity contribution in [2.24, 2.45) is 0 Å². The van der Waals surface area contributed by atoms with E-state index in [0.717, 1.165) is 36.0 Å². The normalized spacial score (nSPS) is 16.1. The van der Waals surface area contributed by atoms with Crippen LogP contribution >= 0.6 is 34.8 Å². The maximum absolute atomic E-state index is 14.0. The van der Waals surface area contributed by atoms with Gasteiger partial charge in [0.25, 0.3) is 0 Å². The number of hydrogen-bond donors (Lipinski definition) is 2. The summed E-state index contributed by atoms with van der Waals surface area (Å²) in [5, 5.41) is 8.91. The Morgan fingerprint density at radius 2 is 1.26 bits per heavy atom. The lowest BCUT2D eigenvalue weighted by Gasteiger charge is -2.17. The first-order valence-electron chi connectivity index (χ1n) is 18.6. The highest BCUT2D eigenvalue weighted by atomic mass is 35.5. The van der Waals surface area contributed by atoms with Crippen molar-refractivity contribution in [3.05, 3.63) is 174 Å². The molecule has 58 heavy (non-hydrogen) atoms. The summed E-state index contributed by atoms with van der Waals surface area (Å²) < 4.78 is 17.1. The summed E-state index contributed by atoms with van der Waals surface area (Å²) >= 11 is 20.1. The average molecular weight is 828 g/mol. The maximum Gasteiger partial charge on any atom is 0.354 e. The number of nitrogens with one attached hydrogen (secondary N) is 2. The monoisotopic (exact) mass is 826 g/mol. The molecule has 0 radical (unpaired) electrons. The molecular weight excluding hydrogens is 798 g/mol. The molecule has 0 saturated heterocycles. The quantitative estimate of drug-likeness (QED) is 0.138. The van der Waals surface area contributed by atoms with E-state index in [1.807, 2.05) is 60.7 Å². The van der Waals surface area contributed by atoms with Gasteiger partial charge < -0.3 is 10.6 Å². The Balaban J connectivity index is 1.05. The molecule has 2 aliphatic rings. The van der Waals surface area contributed by atoms with E-state index in [-0.39, 0.29) is 11.8 Å². The molecule has 286 valence electrons. The van der Waals surface area contributed by atoms with Crippen molar-refractivity contribution in [2.75, 3.05) is 10.6 Å². The van der Waals surface area contributed by atoms with Gasteiger partial charge in [-0.15, -0.1) is 0 Å². The SMILES string of the molecule is O=c1nc(Nc2ccnc(Cl)c2)c2ccc(C3CC3c3cccc(-n4c(=O)nc(Nc5ccnc(F)c5)c5ccc(C6CC6)cc54)c3Cl)cc2n1-c1ccccc1Cl. The minimum atomic E-state index is -0.648. The standard InChI is InChI=1S/C44H30Cl3FN8O2/c45-33-5-1-2-6-34(33)55-37-19-25(11-13-30(37)41(53-43(55)57)51-26-14-16-49-38(46)20-26)31-22-32(31)28-4-3-7-35(40(28)47)56-36-18-24(23-8-9-23)10-12-29(36)42(54-44(56)58)52-27-15-17-50-39(48)21-27/h1-7,10-21,23,31-32H,8-9,22H2,(H,49,51,53,57)(H,50,52,54,58). The van der Waals surface area contributed by atoms with E-state index < -0.39 is 17.3 Å². The zero-order valence-corrected chi connectivity index (χ0v) is 32.6. The molecule has 8 aromatic rings. The number of hydrogen-bond acceptors (Lipinski definition) is 8. The topological polar surface area (TPSA) is 120 Å². The molecule has 2 N–H and O–H groups in total. The molecule has 10 nitrogen and oxygen atoms in total. The van der Waals surface area contributed by atoms with Crippen LogP contribution in [0.3, 0.4) is 0 Å². The van der Waals surface area contributed by atoms with E-state index in [1.54, 1.807) is 41.1 Å². The van der Waals surface area contributed by atoms with Gasteiger partial charge in [0, 0.05) is 40.6 Å². The fourth-order valence-corrected chi connectivity index (χ4v) is 8.56. The fourth-order valence-electron chi connectivity index (χ4n) is 7.81. The van der Waals surface area contributed by atoms with E-state index in [2.05, 4.69) is 36.6 Å². The lowest BCUT2D eigenvalue weighted by Crippen LogP contribution is -2.23. The molecule has 4 aromatic heterocycles. The highest BCUT2D eigenvalue weighted by molar-refractivity contribution is 6.33. The van der Waals surface area contributed by atoms with Gasteiger partial charge in [0.1, 0.15) is 16.8 Å². The predicted molar refractivity (Wildman–Crippen MR) is 227 cm³/mol. The highest BCUT2D eigenvalue weighted by Gasteiger charge is 2.41. The van der Waals surface area contributed by atoms with Crippen molar-refractivity contribution in [3.8, 4) is 11.4 Å². The second-order valence-corrected chi connectivity index (χ2v) is 15.7. The van der Waals surface area contributed by atoms with Crippen molar-refractivity contribution in [1.29, 1.82) is 0 Å². The van der Waals surface area contributed by atoms with Crippen LogP contribution in [0, 0.1) is 5.95 Å². The van der Waals surface area contributed by atoms with Crippen LogP contribution in [-0.2, 0) is 0 Å². The molecule has 2 aliphatic carbocycles. The molecule has 4 aromatic carbocycles. The van der Waals surface area contributed by atoms with Gasteiger partial charge in [0.05, 0.1) is 32.5 Å². The Kier molecular flexibility index (Phi) is 8.96. The smallest absolute Gasteiger partial charge is 0.339 e. The Labute approximate surface area is 344 Å². The molecule has 0 spiro atoms. The molecule has 2 fully saturated rings. The van der Waals surface area contributed by atoms with Gasteiger partial charge in [-0.25, -0.2) is 19.6 Å². The average Bonchev–Trinajstić information content (AvgIpc) is 4.15. The number of pyridine rings is 2. The van der Waals surface area contributed by atoms with Gasteiger partial charge in [-0.1, -0.05) is 71.2 Å². The van der Waals surface area contributed by atoms with Crippen LogP contribution in [0.1, 0.15) is 53.7 Å². The van der Waals surface area contributed by atoms with Crippen LogP contribution < -0.4 is 22.0 Å². The first-order valence-corrected chi connectivity index (χ1v) is 19.8. The lowest BCUT2D eigenvalue weighted by molar-refractivity contribution is 0.584. The van der Waals surface area contributed by atoms with E-state index in [9.17, 15) is 14.0 Å². The Morgan fingerprint density at radius 3 is 1.93 bits per heavy atom. The van der Waals surface area contributed by atoms with E-state index >= 15 is 0 Å². The second kappa shape index (κ2) is 14.4. The van der Waals surface area contributed by atoms with Gasteiger partial charge in [-0.3, -0.25) is 9.13 Å². The van der Waals surface area contributed by atoms with Crippen LogP contribution in [0.25, 0.3) is 33.2 Å². The zero-order valence-electron chi connectivity index (χ0n) is 30.3. The van der Waals surface area contributed by atoms with E-state index in [4.69, 9.17) is 34.8 Å². The third-order valence-electron chi connectivity index (χ3n) is 10.8. The van der Waals surface area contributed by atoms with Crippen molar-refractivity contribution in [2.45, 2.75) is 37.0 Å². The highest BCUT2D eigenvalue weighted by Crippen LogP contribution is 2.57. The zero-order chi connectivity index (χ0) is 39.7. The number of nitrogens with zero attached hydrogens (tertiary/aromatic N) is 6. The molecule has 10 rings (SSSR count). The third kappa shape index (κ3) is 6.64. The number of aromatic nitrogens is 6. The largest absolute Gasteiger partial charge is 0.354 e. The third-order valence-corrected chi connectivity index (χ3v) is 11.8. The molecule has 14 heteroatoms. The molecule has 2 atom stereocenters. The van der Waals surface area contributed by atoms with Crippen molar-refractivity contribution >= 4 is 79.6 Å². The number of anilines is 4. The van der Waals surface area contributed by atoms with Crippen molar-refractivity contribution in [3.63, 3.8) is 0 Å². The van der Waals surface area contributed by atoms with Crippen LogP contribution in [0.2, 0.25) is 15.2 Å². The molecule has 0 aliphatic heterocycles. The van der Waals surface area contributed by atoms with Crippen LogP contribution in [0.5, 0.6) is 0 Å². The van der Waals surface area contributed by atoms with Crippen molar-refractivity contribution in [1.82, 2.24) is 29.1 Å². The first kappa shape index (κ1) is 36.2. The summed E-state index contributed by atoms with van der Waals surface area (Å²) in [5.74, 6) is 0.548. The van der Waals surface area contributed by atoms with Crippen LogP contribution in [0.4, 0.5) is 27.4 Å². The van der Waals surface area contributed by atoms with Gasteiger partial charge in [-0.05, 0) is 114 Å². The van der Waals surface area contributed by atoms with E-state index in [0.29, 0.717) is 77.3 Å². The molecule has 2 unspecified atom stereocenters. The van der Waals surface area contributed by atoms with Crippen LogP contribution in [0.15, 0.2) is 125 Å².